The van der Waals surface area contributed by atoms with Crippen molar-refractivity contribution >= 4 is 22.5 Å². The molecule has 0 amide bonds. The van der Waals surface area contributed by atoms with E-state index in [1.807, 2.05) is 13.0 Å². The van der Waals surface area contributed by atoms with E-state index in [9.17, 15) is 14.3 Å². The number of nitrogens with one attached hydrogen (secondary N) is 1. The van der Waals surface area contributed by atoms with E-state index < -0.39 is 22.9 Å². The molecule has 0 aliphatic carbocycles. The summed E-state index contributed by atoms with van der Waals surface area (Å²) in [6.07, 6.45) is 3.94. The number of nitrogen functional groups attached to an aromatic ring is 1. The number of hydrogen-bond acceptors (Lipinski definition) is 4. The Kier molecular flexibility index (Phi) is 3.29. The lowest BCUT2D eigenvalue weighted by Gasteiger charge is -2.07. The molecule has 0 spiro atoms. The van der Waals surface area contributed by atoms with Crippen molar-refractivity contribution in [3.05, 3.63) is 53.1 Å². The molecular weight excluding hydrogens is 285 g/mol. The fraction of sp³-hybridized carbons (Fsp3) is 0.125. The van der Waals surface area contributed by atoms with Crippen molar-refractivity contribution in [2.45, 2.75) is 13.3 Å². The molecular formula is C16H14FN3O2. The number of aromatic amines is 1. The van der Waals surface area contributed by atoms with Crippen LogP contribution >= 0.6 is 0 Å². The van der Waals surface area contributed by atoms with E-state index in [1.165, 1.54) is 18.3 Å². The molecule has 112 valence electrons. The normalized spacial score (nSPS) is 11.0. The van der Waals surface area contributed by atoms with Crippen molar-refractivity contribution in [2.24, 2.45) is 0 Å². The van der Waals surface area contributed by atoms with Crippen molar-refractivity contribution in [1.82, 2.24) is 9.97 Å². The summed E-state index contributed by atoms with van der Waals surface area (Å²) in [4.78, 5) is 19.7. The first-order valence-corrected chi connectivity index (χ1v) is 6.80. The molecule has 2 heterocycles. The van der Waals surface area contributed by atoms with Gasteiger partial charge in [-0.05, 0) is 30.2 Å². The van der Waals surface area contributed by atoms with Crippen molar-refractivity contribution in [3.8, 4) is 5.75 Å². The maximum absolute atomic E-state index is 14.1. The van der Waals surface area contributed by atoms with Gasteiger partial charge in [0.2, 0.25) is 5.78 Å². The third kappa shape index (κ3) is 2.09. The van der Waals surface area contributed by atoms with Crippen LogP contribution in [-0.2, 0) is 6.42 Å². The van der Waals surface area contributed by atoms with Crippen molar-refractivity contribution in [1.29, 1.82) is 0 Å². The number of aryl methyl sites for hydroxylation is 1. The van der Waals surface area contributed by atoms with E-state index in [-0.39, 0.29) is 11.3 Å². The molecule has 6 heteroatoms. The Morgan fingerprint density at radius 3 is 2.95 bits per heavy atom. The molecule has 0 atom stereocenters. The fourth-order valence-electron chi connectivity index (χ4n) is 2.36. The highest BCUT2D eigenvalue weighted by molar-refractivity contribution is 6.17. The second-order valence-electron chi connectivity index (χ2n) is 4.99. The minimum Gasteiger partial charge on any atom is -0.507 e. The molecule has 1 aromatic carbocycles. The predicted molar refractivity (Wildman–Crippen MR) is 81.4 cm³/mol. The highest BCUT2D eigenvalue weighted by Gasteiger charge is 2.23. The lowest BCUT2D eigenvalue weighted by atomic mass is 10.0. The van der Waals surface area contributed by atoms with E-state index in [0.717, 1.165) is 12.0 Å². The lowest BCUT2D eigenvalue weighted by molar-refractivity contribution is 0.103. The van der Waals surface area contributed by atoms with Crippen molar-refractivity contribution in [2.75, 3.05) is 5.73 Å². The third-order valence-corrected chi connectivity index (χ3v) is 3.62. The number of aromatic hydroxyl groups is 1. The number of anilines is 1. The van der Waals surface area contributed by atoms with Crippen LogP contribution in [-0.4, -0.2) is 20.9 Å². The number of carbonyl (C=O) groups is 1. The Morgan fingerprint density at radius 1 is 1.45 bits per heavy atom. The molecule has 0 aliphatic rings. The number of pyridine rings is 1. The summed E-state index contributed by atoms with van der Waals surface area (Å²) in [6.45, 7) is 1.97. The number of nitrogens with two attached hydrogens (primary N) is 1. The number of phenolic OH excluding ortho intramolecular Hbond substituents is 1. The molecule has 0 radical (unpaired) electrons. The van der Waals surface area contributed by atoms with E-state index >= 15 is 0 Å². The molecule has 0 saturated heterocycles. The van der Waals surface area contributed by atoms with Crippen LogP contribution in [0.1, 0.15) is 28.4 Å². The average molecular weight is 299 g/mol. The average Bonchev–Trinajstić information content (AvgIpc) is 2.94. The van der Waals surface area contributed by atoms with Crippen molar-refractivity contribution < 1.29 is 14.3 Å². The van der Waals surface area contributed by atoms with Gasteiger partial charge in [-0.3, -0.25) is 4.79 Å². The lowest BCUT2D eigenvalue weighted by Crippen LogP contribution is -2.06. The second-order valence-corrected chi connectivity index (χ2v) is 4.99. The highest BCUT2D eigenvalue weighted by atomic mass is 19.1. The molecule has 0 fully saturated rings. The summed E-state index contributed by atoms with van der Waals surface area (Å²) in [5, 5.41) is 10.4. The first-order valence-electron chi connectivity index (χ1n) is 6.80. The van der Waals surface area contributed by atoms with Crippen molar-refractivity contribution in [3.63, 3.8) is 0 Å². The number of hydrogen-bond donors (Lipinski definition) is 3. The largest absolute Gasteiger partial charge is 0.507 e. The maximum atomic E-state index is 14.1. The topological polar surface area (TPSA) is 92.0 Å². The van der Waals surface area contributed by atoms with Crippen LogP contribution < -0.4 is 5.73 Å². The van der Waals surface area contributed by atoms with E-state index in [4.69, 9.17) is 5.73 Å². The van der Waals surface area contributed by atoms with Gasteiger partial charge in [-0.15, -0.1) is 0 Å². The van der Waals surface area contributed by atoms with Gasteiger partial charge in [0.05, 0.1) is 5.69 Å². The number of ketones is 1. The summed E-state index contributed by atoms with van der Waals surface area (Å²) < 4.78 is 14.1. The Labute approximate surface area is 125 Å². The Hall–Kier alpha value is -2.89. The Balaban J connectivity index is 2.20. The molecule has 5 nitrogen and oxygen atoms in total. The molecule has 22 heavy (non-hydrogen) atoms. The minimum absolute atomic E-state index is 0.187. The molecule has 2 aromatic heterocycles. The first-order chi connectivity index (χ1) is 10.5. The number of H-pyrrole nitrogens is 1. The number of carbonyl (C=O) groups excluding carboxylic acids is 1. The fourth-order valence-corrected chi connectivity index (χ4v) is 2.36. The molecule has 0 saturated carbocycles. The van der Waals surface area contributed by atoms with Gasteiger partial charge >= 0.3 is 0 Å². The van der Waals surface area contributed by atoms with Crippen LogP contribution in [0.15, 0.2) is 30.6 Å². The van der Waals surface area contributed by atoms with Crippen LogP contribution in [0.25, 0.3) is 11.0 Å². The highest BCUT2D eigenvalue weighted by Crippen LogP contribution is 2.29. The van der Waals surface area contributed by atoms with Crippen LogP contribution in [0.2, 0.25) is 0 Å². The van der Waals surface area contributed by atoms with Crippen LogP contribution in [0.3, 0.4) is 0 Å². The SMILES string of the molecule is CCc1cnc2[nH]cc(C(=O)c3c(O)ccc(N)c3F)c2c1. The van der Waals surface area contributed by atoms with Gasteiger partial charge < -0.3 is 15.8 Å². The van der Waals surface area contributed by atoms with E-state index in [1.54, 1.807) is 6.20 Å². The van der Waals surface area contributed by atoms with Gasteiger partial charge in [0.1, 0.15) is 17.0 Å². The molecule has 0 bridgehead atoms. The number of aromatic nitrogens is 2. The summed E-state index contributed by atoms with van der Waals surface area (Å²) >= 11 is 0. The zero-order valence-corrected chi connectivity index (χ0v) is 11.9. The number of rotatable bonds is 3. The molecule has 0 aliphatic heterocycles. The number of nitrogens with zero attached hydrogens (tertiary/aromatic N) is 1. The quantitative estimate of drug-likeness (QED) is 0.394. The smallest absolute Gasteiger partial charge is 0.202 e. The monoisotopic (exact) mass is 299 g/mol. The first kappa shape index (κ1) is 14.1. The zero-order chi connectivity index (χ0) is 15.9. The Morgan fingerprint density at radius 2 is 2.23 bits per heavy atom. The predicted octanol–water partition coefficient (Wildman–Crippen LogP) is 2.78. The van der Waals surface area contributed by atoms with Gasteiger partial charge in [0, 0.05) is 23.3 Å². The van der Waals surface area contributed by atoms with Gasteiger partial charge in [0.25, 0.3) is 0 Å². The summed E-state index contributed by atoms with van der Waals surface area (Å²) in [6, 6.07) is 4.25. The van der Waals surface area contributed by atoms with E-state index in [0.29, 0.717) is 11.0 Å². The molecule has 4 N–H and O–H groups in total. The second kappa shape index (κ2) is 5.14. The maximum Gasteiger partial charge on any atom is 0.202 e. The zero-order valence-electron chi connectivity index (χ0n) is 11.9. The number of phenols is 1. The van der Waals surface area contributed by atoms with Crippen LogP contribution in [0.4, 0.5) is 10.1 Å². The number of fused-ring (bicyclic) bond motifs is 1. The summed E-state index contributed by atoms with van der Waals surface area (Å²) in [5.41, 5.74) is 6.60. The third-order valence-electron chi connectivity index (χ3n) is 3.62. The van der Waals surface area contributed by atoms with Gasteiger partial charge in [-0.25, -0.2) is 9.37 Å². The number of halogens is 1. The van der Waals surface area contributed by atoms with Crippen LogP contribution in [0.5, 0.6) is 5.75 Å². The van der Waals surface area contributed by atoms with E-state index in [2.05, 4.69) is 9.97 Å². The molecule has 0 unspecified atom stereocenters. The van der Waals surface area contributed by atoms with Crippen LogP contribution in [0, 0.1) is 5.82 Å². The summed E-state index contributed by atoms with van der Waals surface area (Å²) in [7, 11) is 0. The van der Waals surface area contributed by atoms with Gasteiger partial charge in [-0.2, -0.15) is 0 Å². The molecule has 3 rings (SSSR count). The molecule has 3 aromatic rings. The number of benzene rings is 1. The van der Waals surface area contributed by atoms with Gasteiger partial charge in [-0.1, -0.05) is 6.92 Å². The Bertz CT molecular complexity index is 886. The standard InChI is InChI=1S/C16H14FN3O2/c1-2-8-5-9-10(7-20-16(9)19-6-8)15(22)13-12(21)4-3-11(18)14(13)17/h3-7,21H,2,18H2,1H3,(H,19,20). The summed E-state index contributed by atoms with van der Waals surface area (Å²) in [5.74, 6) is -1.99. The minimum atomic E-state index is -0.918. The van der Waals surface area contributed by atoms with Gasteiger partial charge in [0.15, 0.2) is 5.82 Å².